The van der Waals surface area contributed by atoms with Crippen LogP contribution in [0.2, 0.25) is 0 Å². The number of aromatic nitrogens is 2. The van der Waals surface area contributed by atoms with Gasteiger partial charge >= 0.3 is 0 Å². The summed E-state index contributed by atoms with van der Waals surface area (Å²) in [7, 11) is 0. The van der Waals surface area contributed by atoms with E-state index in [1.165, 1.54) is 12.8 Å². The Labute approximate surface area is 100.0 Å². The maximum absolute atomic E-state index is 10.8. The Morgan fingerprint density at radius 3 is 3.00 bits per heavy atom. The first-order chi connectivity index (χ1) is 8.25. The van der Waals surface area contributed by atoms with Crippen molar-refractivity contribution in [2.75, 3.05) is 25.0 Å². The molecule has 0 bridgehead atoms. The molecule has 2 heterocycles. The maximum Gasteiger partial charge on any atom is 0.269 e. The zero-order valence-electron chi connectivity index (χ0n) is 9.65. The molecule has 17 heavy (non-hydrogen) atoms. The van der Waals surface area contributed by atoms with Crippen molar-refractivity contribution in [3.63, 3.8) is 0 Å². The molecule has 1 amide bonds. The second-order valence-electron chi connectivity index (χ2n) is 4.26. The molecule has 1 aromatic heterocycles. The van der Waals surface area contributed by atoms with Gasteiger partial charge in [0.05, 0.1) is 0 Å². The Hall–Kier alpha value is -1.69. The van der Waals surface area contributed by atoms with Crippen LogP contribution in [0.4, 0.5) is 5.82 Å². The summed E-state index contributed by atoms with van der Waals surface area (Å²) in [5, 5.41) is 14.2. The lowest BCUT2D eigenvalue weighted by molar-refractivity contribution is 0.0994. The van der Waals surface area contributed by atoms with Gasteiger partial charge in [0.2, 0.25) is 0 Å². The number of carbonyl (C=O) groups excluding carboxylic acids is 1. The van der Waals surface area contributed by atoms with Crippen LogP contribution in [0.15, 0.2) is 12.1 Å². The lowest BCUT2D eigenvalue weighted by atomic mass is 10.00. The van der Waals surface area contributed by atoms with Crippen LogP contribution in [0.5, 0.6) is 0 Å². The van der Waals surface area contributed by atoms with Crippen molar-refractivity contribution in [1.82, 2.24) is 15.5 Å². The normalized spacial score (nSPS) is 19.9. The largest absolute Gasteiger partial charge is 0.368 e. The Bertz CT molecular complexity index is 372. The van der Waals surface area contributed by atoms with Gasteiger partial charge in [-0.05, 0) is 44.0 Å². The van der Waals surface area contributed by atoms with Crippen LogP contribution >= 0.6 is 0 Å². The highest BCUT2D eigenvalue weighted by molar-refractivity contribution is 5.90. The van der Waals surface area contributed by atoms with Gasteiger partial charge in [0, 0.05) is 6.54 Å². The first kappa shape index (κ1) is 11.8. The van der Waals surface area contributed by atoms with Gasteiger partial charge in [-0.2, -0.15) is 0 Å². The average Bonchev–Trinajstić information content (AvgIpc) is 2.38. The molecule has 1 fully saturated rings. The van der Waals surface area contributed by atoms with Crippen LogP contribution < -0.4 is 16.4 Å². The number of primary amides is 1. The summed E-state index contributed by atoms with van der Waals surface area (Å²) in [5.74, 6) is 0.752. The Morgan fingerprint density at radius 2 is 2.41 bits per heavy atom. The van der Waals surface area contributed by atoms with Crippen molar-refractivity contribution in [2.45, 2.75) is 12.8 Å². The number of nitrogens with one attached hydrogen (secondary N) is 2. The van der Waals surface area contributed by atoms with Gasteiger partial charge in [-0.1, -0.05) is 0 Å². The first-order valence-corrected chi connectivity index (χ1v) is 5.84. The fourth-order valence-corrected chi connectivity index (χ4v) is 1.91. The predicted octanol–water partition coefficient (Wildman–Crippen LogP) is -0.0130. The van der Waals surface area contributed by atoms with E-state index >= 15 is 0 Å². The molecular weight excluding hydrogens is 218 g/mol. The van der Waals surface area contributed by atoms with Gasteiger partial charge in [-0.15, -0.1) is 10.2 Å². The molecule has 1 atom stereocenters. The molecule has 1 aliphatic rings. The molecule has 4 N–H and O–H groups in total. The first-order valence-electron chi connectivity index (χ1n) is 5.84. The molecule has 0 aliphatic carbocycles. The summed E-state index contributed by atoms with van der Waals surface area (Å²) in [6.07, 6.45) is 2.45. The number of piperidine rings is 1. The Kier molecular flexibility index (Phi) is 3.87. The van der Waals surface area contributed by atoms with E-state index in [0.717, 1.165) is 19.6 Å². The zero-order chi connectivity index (χ0) is 12.1. The summed E-state index contributed by atoms with van der Waals surface area (Å²) in [6.45, 7) is 3.03. The van der Waals surface area contributed by atoms with Crippen LogP contribution in [-0.4, -0.2) is 35.7 Å². The van der Waals surface area contributed by atoms with Gasteiger partial charge < -0.3 is 16.4 Å². The summed E-state index contributed by atoms with van der Waals surface area (Å²) < 4.78 is 0. The molecule has 1 aromatic rings. The van der Waals surface area contributed by atoms with E-state index in [9.17, 15) is 4.79 Å². The third kappa shape index (κ3) is 3.39. The van der Waals surface area contributed by atoms with Crippen molar-refractivity contribution in [3.8, 4) is 0 Å². The molecule has 0 radical (unpaired) electrons. The van der Waals surface area contributed by atoms with Crippen molar-refractivity contribution < 1.29 is 4.79 Å². The van der Waals surface area contributed by atoms with Gasteiger partial charge in [0.25, 0.3) is 5.91 Å². The summed E-state index contributed by atoms with van der Waals surface area (Å²) in [5.41, 5.74) is 5.27. The minimum atomic E-state index is -0.555. The predicted molar refractivity (Wildman–Crippen MR) is 64.6 cm³/mol. The molecule has 1 saturated heterocycles. The molecule has 0 spiro atoms. The number of hydrogen-bond donors (Lipinski definition) is 3. The van der Waals surface area contributed by atoms with Gasteiger partial charge in [0.1, 0.15) is 5.82 Å². The summed E-state index contributed by atoms with van der Waals surface area (Å²) in [4.78, 5) is 10.8. The number of carbonyl (C=O) groups is 1. The molecule has 6 nitrogen and oxygen atoms in total. The van der Waals surface area contributed by atoms with Crippen LogP contribution in [0.25, 0.3) is 0 Å². The molecular formula is C11H17N5O. The summed E-state index contributed by atoms with van der Waals surface area (Å²) >= 11 is 0. The minimum absolute atomic E-state index is 0.190. The van der Waals surface area contributed by atoms with Crippen molar-refractivity contribution in [3.05, 3.63) is 17.8 Å². The van der Waals surface area contributed by atoms with Crippen LogP contribution in [0.3, 0.4) is 0 Å². The number of rotatable bonds is 4. The van der Waals surface area contributed by atoms with E-state index in [-0.39, 0.29) is 5.69 Å². The topological polar surface area (TPSA) is 92.9 Å². The second kappa shape index (κ2) is 5.58. The van der Waals surface area contributed by atoms with E-state index in [4.69, 9.17) is 5.73 Å². The van der Waals surface area contributed by atoms with Crippen LogP contribution in [-0.2, 0) is 0 Å². The van der Waals surface area contributed by atoms with E-state index in [1.807, 2.05) is 0 Å². The van der Waals surface area contributed by atoms with Crippen LogP contribution in [0, 0.1) is 5.92 Å². The maximum atomic E-state index is 10.8. The number of anilines is 1. The van der Waals surface area contributed by atoms with E-state index in [1.54, 1.807) is 12.1 Å². The van der Waals surface area contributed by atoms with Crippen LogP contribution in [0.1, 0.15) is 23.3 Å². The molecule has 2 rings (SSSR count). The lowest BCUT2D eigenvalue weighted by Gasteiger charge is -2.22. The molecule has 6 heteroatoms. The van der Waals surface area contributed by atoms with Gasteiger partial charge in [-0.3, -0.25) is 4.79 Å². The zero-order valence-corrected chi connectivity index (χ0v) is 9.65. The lowest BCUT2D eigenvalue weighted by Crippen LogP contribution is -2.33. The number of hydrogen-bond acceptors (Lipinski definition) is 5. The number of amides is 1. The standard InChI is InChI=1S/C11H17N5O/c12-11(17)9-3-4-10(16-15-9)14-7-8-2-1-5-13-6-8/h3-4,8,13H,1-2,5-7H2,(H2,12,17)(H,14,16). The Morgan fingerprint density at radius 1 is 1.53 bits per heavy atom. The van der Waals surface area contributed by atoms with Crippen molar-refractivity contribution in [2.24, 2.45) is 11.7 Å². The van der Waals surface area contributed by atoms with E-state index < -0.39 is 5.91 Å². The SMILES string of the molecule is NC(=O)c1ccc(NCC2CCCNC2)nn1. The third-order valence-corrected chi connectivity index (χ3v) is 2.89. The monoisotopic (exact) mass is 235 g/mol. The highest BCUT2D eigenvalue weighted by atomic mass is 16.1. The van der Waals surface area contributed by atoms with Gasteiger partial charge in [0.15, 0.2) is 5.69 Å². The molecule has 1 unspecified atom stereocenters. The molecule has 0 aromatic carbocycles. The molecule has 92 valence electrons. The van der Waals surface area contributed by atoms with Gasteiger partial charge in [-0.25, -0.2) is 0 Å². The van der Waals surface area contributed by atoms with Crippen molar-refractivity contribution in [1.29, 1.82) is 0 Å². The second-order valence-corrected chi connectivity index (χ2v) is 4.26. The van der Waals surface area contributed by atoms with Crippen molar-refractivity contribution >= 4 is 11.7 Å². The fraction of sp³-hybridized carbons (Fsp3) is 0.545. The smallest absolute Gasteiger partial charge is 0.269 e. The highest BCUT2D eigenvalue weighted by Gasteiger charge is 2.12. The Balaban J connectivity index is 1.84. The average molecular weight is 235 g/mol. The highest BCUT2D eigenvalue weighted by Crippen LogP contribution is 2.11. The fourth-order valence-electron chi connectivity index (χ4n) is 1.91. The minimum Gasteiger partial charge on any atom is -0.368 e. The molecule has 0 saturated carbocycles. The quantitative estimate of drug-likeness (QED) is 0.682. The van der Waals surface area contributed by atoms with E-state index in [2.05, 4.69) is 20.8 Å². The third-order valence-electron chi connectivity index (χ3n) is 2.89. The number of nitrogens with zero attached hydrogens (tertiary/aromatic N) is 2. The number of nitrogens with two attached hydrogens (primary N) is 1. The van der Waals surface area contributed by atoms with E-state index in [0.29, 0.717) is 11.7 Å². The molecule has 1 aliphatic heterocycles. The summed E-state index contributed by atoms with van der Waals surface area (Å²) in [6, 6.07) is 3.31.